The number of rotatable bonds is 4. The minimum atomic E-state index is 0.512. The van der Waals surface area contributed by atoms with Gasteiger partial charge in [-0.1, -0.05) is 27.2 Å². The molecule has 1 atom stereocenters. The fraction of sp³-hybridized carbons (Fsp3) is 0.800. The molecule has 18 heavy (non-hydrogen) atoms. The fourth-order valence-electron chi connectivity index (χ4n) is 3.16. The Hall–Kier alpha value is -0.830. The molecule has 0 spiro atoms. The number of aromatic nitrogens is 2. The van der Waals surface area contributed by atoms with Crippen molar-refractivity contribution in [2.75, 3.05) is 0 Å². The van der Waals surface area contributed by atoms with Gasteiger partial charge in [-0.25, -0.2) is 0 Å². The van der Waals surface area contributed by atoms with Gasteiger partial charge in [-0.2, -0.15) is 5.10 Å². The molecule has 3 nitrogen and oxygen atoms in total. The van der Waals surface area contributed by atoms with Crippen molar-refractivity contribution in [3.05, 3.63) is 17.5 Å². The van der Waals surface area contributed by atoms with E-state index in [2.05, 4.69) is 37.4 Å². The Bertz CT molecular complexity index is 392. The maximum Gasteiger partial charge on any atom is 0.0666 e. The van der Waals surface area contributed by atoms with Crippen LogP contribution in [0.4, 0.5) is 0 Å². The Balaban J connectivity index is 1.91. The van der Waals surface area contributed by atoms with Crippen LogP contribution in [0.3, 0.4) is 0 Å². The molecule has 1 aromatic heterocycles. The molecule has 0 aliphatic heterocycles. The summed E-state index contributed by atoms with van der Waals surface area (Å²) in [6.45, 7) is 7.93. The minimum Gasteiger partial charge on any atom is -0.310 e. The molecule has 0 amide bonds. The first kappa shape index (κ1) is 13.6. The second-order valence-corrected chi connectivity index (χ2v) is 6.47. The van der Waals surface area contributed by atoms with Crippen molar-refractivity contribution in [1.82, 2.24) is 15.1 Å². The minimum absolute atomic E-state index is 0.512. The van der Waals surface area contributed by atoms with E-state index in [4.69, 9.17) is 0 Å². The predicted octanol–water partition coefficient (Wildman–Crippen LogP) is 3.04. The molecule has 0 radical (unpaired) electrons. The van der Waals surface area contributed by atoms with Crippen molar-refractivity contribution in [1.29, 1.82) is 0 Å². The molecule has 0 bridgehead atoms. The van der Waals surface area contributed by atoms with Crippen LogP contribution >= 0.6 is 0 Å². The van der Waals surface area contributed by atoms with Gasteiger partial charge in [0.2, 0.25) is 0 Å². The van der Waals surface area contributed by atoms with Gasteiger partial charge in [0.15, 0.2) is 0 Å². The van der Waals surface area contributed by atoms with Crippen molar-refractivity contribution in [2.45, 2.75) is 65.5 Å². The van der Waals surface area contributed by atoms with Crippen molar-refractivity contribution < 1.29 is 0 Å². The van der Waals surface area contributed by atoms with Gasteiger partial charge in [-0.05, 0) is 31.1 Å². The Morgan fingerprint density at radius 1 is 1.50 bits per heavy atom. The van der Waals surface area contributed by atoms with Crippen molar-refractivity contribution in [2.24, 2.45) is 12.5 Å². The van der Waals surface area contributed by atoms with Gasteiger partial charge in [0.05, 0.1) is 5.69 Å². The van der Waals surface area contributed by atoms with Crippen LogP contribution in [0.1, 0.15) is 57.7 Å². The van der Waals surface area contributed by atoms with Crippen molar-refractivity contribution in [3.63, 3.8) is 0 Å². The Morgan fingerprint density at radius 3 is 2.94 bits per heavy atom. The van der Waals surface area contributed by atoms with E-state index in [9.17, 15) is 0 Å². The maximum atomic E-state index is 4.50. The first-order valence-corrected chi connectivity index (χ1v) is 7.25. The number of nitrogens with zero attached hydrogens (tertiary/aromatic N) is 2. The molecular formula is C15H27N3. The molecule has 0 saturated heterocycles. The van der Waals surface area contributed by atoms with Gasteiger partial charge in [0, 0.05) is 31.4 Å². The molecule has 1 aromatic rings. The summed E-state index contributed by atoms with van der Waals surface area (Å²) >= 11 is 0. The number of aryl methyl sites for hydroxylation is 2. The van der Waals surface area contributed by atoms with Gasteiger partial charge >= 0.3 is 0 Å². The van der Waals surface area contributed by atoms with Crippen LogP contribution in [0.2, 0.25) is 0 Å². The monoisotopic (exact) mass is 249 g/mol. The number of nitrogens with one attached hydrogen (secondary N) is 1. The molecule has 1 saturated carbocycles. The largest absolute Gasteiger partial charge is 0.310 e. The predicted molar refractivity (Wildman–Crippen MR) is 75.5 cm³/mol. The van der Waals surface area contributed by atoms with Gasteiger partial charge in [-0.15, -0.1) is 0 Å². The zero-order valence-electron chi connectivity index (χ0n) is 12.3. The van der Waals surface area contributed by atoms with Crippen LogP contribution in [0.25, 0.3) is 0 Å². The smallest absolute Gasteiger partial charge is 0.0666 e. The van der Waals surface area contributed by atoms with E-state index in [0.717, 1.165) is 13.0 Å². The van der Waals surface area contributed by atoms with Crippen LogP contribution in [-0.4, -0.2) is 15.8 Å². The number of hydrogen-bond donors (Lipinski definition) is 1. The molecule has 1 unspecified atom stereocenters. The highest BCUT2D eigenvalue weighted by atomic mass is 15.3. The Morgan fingerprint density at radius 2 is 2.28 bits per heavy atom. The highest BCUT2D eigenvalue weighted by Gasteiger charge is 2.27. The molecule has 1 aliphatic carbocycles. The van der Waals surface area contributed by atoms with E-state index in [1.807, 2.05) is 11.7 Å². The molecule has 2 rings (SSSR count). The third kappa shape index (κ3) is 3.35. The van der Waals surface area contributed by atoms with Gasteiger partial charge in [0.25, 0.3) is 0 Å². The summed E-state index contributed by atoms with van der Waals surface area (Å²) in [5.41, 5.74) is 3.11. The topological polar surface area (TPSA) is 29.9 Å². The van der Waals surface area contributed by atoms with Gasteiger partial charge < -0.3 is 5.32 Å². The lowest BCUT2D eigenvalue weighted by Crippen LogP contribution is -2.36. The standard InChI is InChI=1S/C15H27N3/c1-5-14-12(11-18(4)17-14)10-16-13-7-6-8-15(2,3)9-13/h11,13,16H,5-10H2,1-4H3. The second-order valence-electron chi connectivity index (χ2n) is 6.47. The third-order valence-corrected chi connectivity index (χ3v) is 4.11. The zero-order chi connectivity index (χ0) is 13.2. The number of hydrogen-bond acceptors (Lipinski definition) is 2. The van der Waals surface area contributed by atoms with Crippen molar-refractivity contribution in [3.8, 4) is 0 Å². The lowest BCUT2D eigenvalue weighted by atomic mass is 9.75. The summed E-state index contributed by atoms with van der Waals surface area (Å²) in [5, 5.41) is 8.23. The normalized spacial score (nSPS) is 23.2. The lowest BCUT2D eigenvalue weighted by Gasteiger charge is -2.35. The van der Waals surface area contributed by atoms with E-state index in [0.29, 0.717) is 11.5 Å². The van der Waals surface area contributed by atoms with E-state index in [1.54, 1.807) is 0 Å². The third-order valence-electron chi connectivity index (χ3n) is 4.11. The van der Waals surface area contributed by atoms with Crippen LogP contribution < -0.4 is 5.32 Å². The van der Waals surface area contributed by atoms with E-state index >= 15 is 0 Å². The van der Waals surface area contributed by atoms with Crippen molar-refractivity contribution >= 4 is 0 Å². The molecule has 1 aliphatic rings. The van der Waals surface area contributed by atoms with E-state index in [-0.39, 0.29) is 0 Å². The van der Waals surface area contributed by atoms with Crippen LogP contribution in [-0.2, 0) is 20.0 Å². The molecule has 1 fully saturated rings. The zero-order valence-corrected chi connectivity index (χ0v) is 12.3. The lowest BCUT2D eigenvalue weighted by molar-refractivity contribution is 0.197. The molecule has 0 aromatic carbocycles. The molecule has 1 N–H and O–H groups in total. The average Bonchev–Trinajstić information content (AvgIpc) is 2.66. The summed E-state index contributed by atoms with van der Waals surface area (Å²) in [4.78, 5) is 0. The van der Waals surface area contributed by atoms with Crippen LogP contribution in [0.5, 0.6) is 0 Å². The molecular weight excluding hydrogens is 222 g/mol. The molecule has 1 heterocycles. The summed E-state index contributed by atoms with van der Waals surface area (Å²) < 4.78 is 1.93. The van der Waals surface area contributed by atoms with E-state index in [1.165, 1.54) is 36.9 Å². The summed E-state index contributed by atoms with van der Waals surface area (Å²) in [5.74, 6) is 0. The molecule has 102 valence electrons. The van der Waals surface area contributed by atoms with Crippen LogP contribution in [0, 0.1) is 5.41 Å². The van der Waals surface area contributed by atoms with Crippen LogP contribution in [0.15, 0.2) is 6.20 Å². The Labute approximate surface area is 111 Å². The summed E-state index contributed by atoms with van der Waals surface area (Å²) in [6, 6.07) is 0.679. The quantitative estimate of drug-likeness (QED) is 0.889. The summed E-state index contributed by atoms with van der Waals surface area (Å²) in [7, 11) is 2.01. The first-order chi connectivity index (χ1) is 8.50. The maximum absolute atomic E-state index is 4.50. The summed E-state index contributed by atoms with van der Waals surface area (Å²) in [6.07, 6.45) is 8.53. The SMILES string of the molecule is CCc1nn(C)cc1CNC1CCCC(C)(C)C1. The second kappa shape index (κ2) is 5.43. The Kier molecular flexibility index (Phi) is 4.10. The average molecular weight is 249 g/mol. The first-order valence-electron chi connectivity index (χ1n) is 7.25. The fourth-order valence-corrected chi connectivity index (χ4v) is 3.16. The highest BCUT2D eigenvalue weighted by Crippen LogP contribution is 2.35. The van der Waals surface area contributed by atoms with Gasteiger partial charge in [0.1, 0.15) is 0 Å². The molecule has 3 heteroatoms. The highest BCUT2D eigenvalue weighted by molar-refractivity contribution is 5.16. The van der Waals surface area contributed by atoms with Gasteiger partial charge in [-0.3, -0.25) is 4.68 Å². The van der Waals surface area contributed by atoms with E-state index < -0.39 is 0 Å².